The Balaban J connectivity index is 0.000000494. The molecule has 1 N–H and O–H groups in total. The highest BCUT2D eigenvalue weighted by molar-refractivity contribution is 5.92. The average molecular weight is 505 g/mol. The minimum Gasteiger partial charge on any atom is -0.478 e. The summed E-state index contributed by atoms with van der Waals surface area (Å²) in [6, 6.07) is 18.3. The molecule has 2 aliphatic carbocycles. The van der Waals surface area contributed by atoms with Crippen LogP contribution in [0.25, 0.3) is 0 Å². The summed E-state index contributed by atoms with van der Waals surface area (Å²) in [7, 11) is 0. The van der Waals surface area contributed by atoms with E-state index in [-0.39, 0.29) is 5.92 Å². The van der Waals surface area contributed by atoms with Gasteiger partial charge in [0.1, 0.15) is 11.5 Å². The van der Waals surface area contributed by atoms with E-state index in [2.05, 4.69) is 37.8 Å². The van der Waals surface area contributed by atoms with Crippen molar-refractivity contribution in [2.24, 2.45) is 0 Å². The Kier molecular flexibility index (Phi) is 10.7. The Morgan fingerprint density at radius 3 is 2.45 bits per heavy atom. The first kappa shape index (κ1) is 28.2. The van der Waals surface area contributed by atoms with Gasteiger partial charge >= 0.3 is 5.97 Å². The molecule has 0 aromatic heterocycles. The lowest BCUT2D eigenvalue weighted by molar-refractivity contribution is -0.133. The Morgan fingerprint density at radius 2 is 1.82 bits per heavy atom. The largest absolute Gasteiger partial charge is 0.478 e. The van der Waals surface area contributed by atoms with Crippen molar-refractivity contribution in [2.75, 3.05) is 0 Å². The van der Waals surface area contributed by atoms with E-state index >= 15 is 0 Å². The number of ether oxygens (including phenoxy) is 1. The van der Waals surface area contributed by atoms with Crippen LogP contribution in [0.4, 0.5) is 0 Å². The van der Waals surface area contributed by atoms with Gasteiger partial charge < -0.3 is 9.84 Å². The van der Waals surface area contributed by atoms with Crippen molar-refractivity contribution < 1.29 is 14.6 Å². The highest BCUT2D eigenvalue weighted by atomic mass is 16.5. The third kappa shape index (κ3) is 8.07. The number of benzene rings is 2. The SMILES string of the molecule is C=C/C(=C\C=C/C)OC1=CC(C2=C(C(=O)O)C(c3cccc(C)c3)CC=C2)=CC=CC1.Cc1ccccc1. The van der Waals surface area contributed by atoms with E-state index in [0.29, 0.717) is 24.2 Å². The van der Waals surface area contributed by atoms with Gasteiger partial charge in [-0.15, -0.1) is 0 Å². The lowest BCUT2D eigenvalue weighted by Crippen LogP contribution is -2.16. The summed E-state index contributed by atoms with van der Waals surface area (Å²) in [5.74, 6) is 0.291. The molecule has 38 heavy (non-hydrogen) atoms. The van der Waals surface area contributed by atoms with Crippen LogP contribution in [-0.2, 0) is 9.53 Å². The van der Waals surface area contributed by atoms with Crippen LogP contribution in [0.1, 0.15) is 42.4 Å². The predicted molar refractivity (Wildman–Crippen MR) is 158 cm³/mol. The van der Waals surface area contributed by atoms with Gasteiger partial charge in [-0.05, 0) is 62.1 Å². The summed E-state index contributed by atoms with van der Waals surface area (Å²) in [4.78, 5) is 12.4. The van der Waals surface area contributed by atoms with Crippen molar-refractivity contribution in [2.45, 2.75) is 39.5 Å². The molecule has 0 saturated carbocycles. The normalized spacial score (nSPS) is 17.2. The lowest BCUT2D eigenvalue weighted by Gasteiger charge is -2.24. The molecule has 0 radical (unpaired) electrons. The minimum atomic E-state index is -0.893. The molecule has 0 bridgehead atoms. The van der Waals surface area contributed by atoms with Crippen molar-refractivity contribution in [1.82, 2.24) is 0 Å². The molecular formula is C35H36O3. The molecule has 2 aromatic carbocycles. The molecule has 0 heterocycles. The fraction of sp³-hybridized carbons (Fsp3) is 0.171. The highest BCUT2D eigenvalue weighted by Gasteiger charge is 2.28. The molecule has 4 rings (SSSR count). The summed E-state index contributed by atoms with van der Waals surface area (Å²) in [6.45, 7) is 9.86. The zero-order valence-corrected chi connectivity index (χ0v) is 22.4. The van der Waals surface area contributed by atoms with Crippen LogP contribution in [0.2, 0.25) is 0 Å². The molecule has 1 unspecified atom stereocenters. The second-order valence-electron chi connectivity index (χ2n) is 9.16. The van der Waals surface area contributed by atoms with E-state index in [1.807, 2.05) is 98.9 Å². The summed E-state index contributed by atoms with van der Waals surface area (Å²) in [5, 5.41) is 10.1. The van der Waals surface area contributed by atoms with Gasteiger partial charge in [0.25, 0.3) is 0 Å². The molecule has 2 aliphatic rings. The van der Waals surface area contributed by atoms with Gasteiger partial charge in [0, 0.05) is 12.3 Å². The monoisotopic (exact) mass is 504 g/mol. The number of aliphatic carboxylic acids is 1. The van der Waals surface area contributed by atoms with Crippen molar-refractivity contribution >= 4 is 5.97 Å². The first-order chi connectivity index (χ1) is 18.4. The maximum Gasteiger partial charge on any atom is 0.332 e. The second-order valence-corrected chi connectivity index (χ2v) is 9.16. The Morgan fingerprint density at radius 1 is 1.05 bits per heavy atom. The Labute approximate surface area is 226 Å². The van der Waals surface area contributed by atoms with Gasteiger partial charge in [0.2, 0.25) is 0 Å². The van der Waals surface area contributed by atoms with Gasteiger partial charge in [-0.1, -0.05) is 115 Å². The molecule has 194 valence electrons. The highest BCUT2D eigenvalue weighted by Crippen LogP contribution is 2.38. The fourth-order valence-corrected chi connectivity index (χ4v) is 4.32. The maximum absolute atomic E-state index is 12.4. The van der Waals surface area contributed by atoms with Crippen molar-refractivity contribution in [3.8, 4) is 0 Å². The van der Waals surface area contributed by atoms with E-state index in [4.69, 9.17) is 4.74 Å². The van der Waals surface area contributed by atoms with Gasteiger partial charge in [-0.3, -0.25) is 0 Å². The van der Waals surface area contributed by atoms with Gasteiger partial charge in [-0.2, -0.15) is 0 Å². The number of aryl methyl sites for hydroxylation is 2. The molecule has 0 saturated heterocycles. The summed E-state index contributed by atoms with van der Waals surface area (Å²) >= 11 is 0. The first-order valence-corrected chi connectivity index (χ1v) is 12.9. The van der Waals surface area contributed by atoms with Gasteiger partial charge in [-0.25, -0.2) is 4.79 Å². The lowest BCUT2D eigenvalue weighted by atomic mass is 9.79. The number of carboxylic acids is 1. The smallest absolute Gasteiger partial charge is 0.332 e. The minimum absolute atomic E-state index is 0.193. The number of allylic oxidation sites excluding steroid dienone is 12. The molecule has 0 aliphatic heterocycles. The summed E-state index contributed by atoms with van der Waals surface area (Å²) in [6.07, 6.45) is 20.4. The van der Waals surface area contributed by atoms with E-state index in [1.54, 1.807) is 6.08 Å². The standard InChI is InChI=1S/C28H28O3.C7H8/c1-4-6-14-23(5-2)31-24-15-8-7-12-22(19-24)26-17-10-16-25(27(26)28(29)30)21-13-9-11-20(3)18-21;1-7-5-3-2-4-6-7/h4-14,17-19,25H,2,15-16H2,1,3H3,(H,29,30);2-6H,1H3/b6-4-,23-14+;. The van der Waals surface area contributed by atoms with Crippen molar-refractivity contribution in [1.29, 1.82) is 0 Å². The van der Waals surface area contributed by atoms with Crippen LogP contribution in [0.15, 0.2) is 150 Å². The third-order valence-corrected chi connectivity index (χ3v) is 6.17. The third-order valence-electron chi connectivity index (χ3n) is 6.17. The Bertz CT molecular complexity index is 1340. The van der Waals surface area contributed by atoms with Gasteiger partial charge in [0.15, 0.2) is 0 Å². The van der Waals surface area contributed by atoms with Crippen LogP contribution in [0.5, 0.6) is 0 Å². The second kappa shape index (κ2) is 14.4. The quantitative estimate of drug-likeness (QED) is 0.303. The van der Waals surface area contributed by atoms with E-state index in [1.165, 1.54) is 5.56 Å². The molecule has 3 heteroatoms. The van der Waals surface area contributed by atoms with Crippen LogP contribution < -0.4 is 0 Å². The van der Waals surface area contributed by atoms with Crippen molar-refractivity contribution in [3.63, 3.8) is 0 Å². The Hall–Kier alpha value is -4.37. The van der Waals surface area contributed by atoms with E-state index in [0.717, 1.165) is 28.0 Å². The number of hydrogen-bond donors (Lipinski definition) is 1. The molecule has 0 amide bonds. The fourth-order valence-electron chi connectivity index (χ4n) is 4.32. The number of rotatable bonds is 7. The molecular weight excluding hydrogens is 468 g/mol. The first-order valence-electron chi connectivity index (χ1n) is 12.9. The molecule has 0 spiro atoms. The average Bonchev–Trinajstić information content (AvgIpc) is 3.17. The van der Waals surface area contributed by atoms with Crippen LogP contribution in [-0.4, -0.2) is 11.1 Å². The molecule has 0 fully saturated rings. The molecule has 1 atom stereocenters. The molecule has 3 nitrogen and oxygen atoms in total. The van der Waals surface area contributed by atoms with E-state index in [9.17, 15) is 9.90 Å². The predicted octanol–water partition coefficient (Wildman–Crippen LogP) is 8.85. The van der Waals surface area contributed by atoms with Crippen LogP contribution >= 0.6 is 0 Å². The van der Waals surface area contributed by atoms with E-state index < -0.39 is 5.97 Å². The zero-order chi connectivity index (χ0) is 27.3. The summed E-state index contributed by atoms with van der Waals surface area (Å²) in [5.41, 5.74) is 5.42. The zero-order valence-electron chi connectivity index (χ0n) is 22.4. The van der Waals surface area contributed by atoms with Crippen LogP contribution in [0.3, 0.4) is 0 Å². The van der Waals surface area contributed by atoms with Gasteiger partial charge in [0.05, 0.1) is 5.57 Å². The maximum atomic E-state index is 12.4. The number of carboxylic acid groups (broad SMARTS) is 1. The van der Waals surface area contributed by atoms with Crippen molar-refractivity contribution in [3.05, 3.63) is 167 Å². The topological polar surface area (TPSA) is 46.5 Å². The van der Waals surface area contributed by atoms with Crippen LogP contribution in [0, 0.1) is 13.8 Å². The number of carbonyl (C=O) groups is 1. The number of hydrogen-bond acceptors (Lipinski definition) is 2. The molecule has 2 aromatic rings. The summed E-state index contributed by atoms with van der Waals surface area (Å²) < 4.78 is 6.03.